The average molecular weight is 324 g/mol. The molecule has 7 heteroatoms. The molecule has 6 nitrogen and oxygen atoms in total. The fourth-order valence-electron chi connectivity index (χ4n) is 2.06. The van der Waals surface area contributed by atoms with Crippen LogP contribution in [-0.4, -0.2) is 48.9 Å². The maximum atomic E-state index is 12.5. The third kappa shape index (κ3) is 3.23. The number of rotatable bonds is 5. The number of nitrogens with zero attached hydrogens (tertiary/aromatic N) is 3. The van der Waals surface area contributed by atoms with Gasteiger partial charge in [0, 0.05) is 25.9 Å². The van der Waals surface area contributed by atoms with Gasteiger partial charge in [0.1, 0.15) is 5.75 Å². The molecule has 0 fully saturated rings. The molecule has 1 aromatic carbocycles. The van der Waals surface area contributed by atoms with Crippen LogP contribution in [0.5, 0.6) is 5.75 Å². The Morgan fingerprint density at radius 2 is 2.23 bits per heavy atom. The Hall–Kier alpha value is -2.05. The molecule has 1 aromatic rings. The molecular weight excluding hydrogens is 306 g/mol. The number of halogens is 1. The van der Waals surface area contributed by atoms with Crippen molar-refractivity contribution in [2.24, 2.45) is 5.10 Å². The predicted molar refractivity (Wildman–Crippen MR) is 86.4 cm³/mol. The zero-order chi connectivity index (χ0) is 16.3. The summed E-state index contributed by atoms with van der Waals surface area (Å²) in [5.41, 5.74) is 1.69. The van der Waals surface area contributed by atoms with Crippen LogP contribution in [0, 0.1) is 0 Å². The molecule has 0 saturated carbocycles. The molecule has 0 radical (unpaired) electrons. The highest BCUT2D eigenvalue weighted by Crippen LogP contribution is 2.32. The standard InChI is InChI=1S/C15H18ClN3O3/c1-10-12(9-18(2)6-7-20)15(21)19(17-10)11-4-5-13(16)14(8-11)22-3/h4-5,8-9,20H,6-7H2,1-3H3/b12-9-. The van der Waals surface area contributed by atoms with Crippen molar-refractivity contribution in [3.05, 3.63) is 35.0 Å². The van der Waals surface area contributed by atoms with Gasteiger partial charge < -0.3 is 14.7 Å². The Balaban J connectivity index is 2.30. The van der Waals surface area contributed by atoms with Gasteiger partial charge in [-0.2, -0.15) is 10.1 Å². The van der Waals surface area contributed by atoms with Gasteiger partial charge >= 0.3 is 0 Å². The topological polar surface area (TPSA) is 65.4 Å². The van der Waals surface area contributed by atoms with E-state index in [4.69, 9.17) is 21.4 Å². The highest BCUT2D eigenvalue weighted by Gasteiger charge is 2.29. The fraction of sp³-hybridized carbons (Fsp3) is 0.333. The van der Waals surface area contributed by atoms with E-state index < -0.39 is 0 Å². The summed E-state index contributed by atoms with van der Waals surface area (Å²) in [5.74, 6) is 0.251. The first-order chi connectivity index (χ1) is 10.5. The van der Waals surface area contributed by atoms with Gasteiger partial charge in [-0.15, -0.1) is 0 Å². The molecule has 0 unspecified atom stereocenters. The first-order valence-electron chi connectivity index (χ1n) is 6.74. The smallest absolute Gasteiger partial charge is 0.282 e. The Morgan fingerprint density at radius 3 is 2.86 bits per heavy atom. The van der Waals surface area contributed by atoms with Crippen LogP contribution in [0.3, 0.4) is 0 Å². The SMILES string of the molecule is COc1cc(N2N=C(C)/C(=C/N(C)CCO)C2=O)ccc1Cl. The van der Waals surface area contributed by atoms with Crippen LogP contribution in [-0.2, 0) is 4.79 Å². The van der Waals surface area contributed by atoms with Crippen molar-refractivity contribution in [3.63, 3.8) is 0 Å². The summed E-state index contributed by atoms with van der Waals surface area (Å²) in [6, 6.07) is 5.03. The number of benzene rings is 1. The molecule has 1 heterocycles. The van der Waals surface area contributed by atoms with Gasteiger partial charge in [-0.05, 0) is 19.1 Å². The van der Waals surface area contributed by atoms with Crippen molar-refractivity contribution < 1.29 is 14.6 Å². The first kappa shape index (κ1) is 16.3. The minimum absolute atomic E-state index is 0.0166. The number of methoxy groups -OCH3 is 1. The molecule has 0 bridgehead atoms. The van der Waals surface area contributed by atoms with Gasteiger partial charge in [0.2, 0.25) is 0 Å². The third-order valence-corrected chi connectivity index (χ3v) is 3.56. The minimum atomic E-state index is -0.230. The molecule has 1 N–H and O–H groups in total. The Bertz CT molecular complexity index is 643. The monoisotopic (exact) mass is 323 g/mol. The van der Waals surface area contributed by atoms with E-state index in [2.05, 4.69) is 5.10 Å². The number of hydrogen-bond acceptors (Lipinski definition) is 5. The van der Waals surface area contributed by atoms with Crippen LogP contribution >= 0.6 is 11.6 Å². The second-order valence-electron chi connectivity index (χ2n) is 4.87. The minimum Gasteiger partial charge on any atom is -0.495 e. The van der Waals surface area contributed by atoms with Crippen LogP contribution in [0.2, 0.25) is 5.02 Å². The van der Waals surface area contributed by atoms with E-state index in [0.29, 0.717) is 34.3 Å². The van der Waals surface area contributed by atoms with Crippen molar-refractivity contribution in [1.29, 1.82) is 0 Å². The summed E-state index contributed by atoms with van der Waals surface area (Å²) in [6.07, 6.45) is 1.69. The largest absolute Gasteiger partial charge is 0.495 e. The third-order valence-electron chi connectivity index (χ3n) is 3.24. The van der Waals surface area contributed by atoms with Gasteiger partial charge in [0.15, 0.2) is 0 Å². The van der Waals surface area contributed by atoms with E-state index in [0.717, 1.165) is 0 Å². The molecule has 118 valence electrons. The van der Waals surface area contributed by atoms with Crippen molar-refractivity contribution in [2.75, 3.05) is 32.3 Å². The quantitative estimate of drug-likeness (QED) is 0.840. The molecule has 22 heavy (non-hydrogen) atoms. The second-order valence-corrected chi connectivity index (χ2v) is 5.28. The lowest BCUT2D eigenvalue weighted by Crippen LogP contribution is -2.24. The first-order valence-corrected chi connectivity index (χ1v) is 7.12. The number of carbonyl (C=O) groups excluding carboxylic acids is 1. The number of likely N-dealkylation sites (N-methyl/N-ethyl adjacent to an activating group) is 1. The maximum absolute atomic E-state index is 12.5. The van der Waals surface area contributed by atoms with Gasteiger partial charge in [-0.3, -0.25) is 4.79 Å². The fourth-order valence-corrected chi connectivity index (χ4v) is 2.26. The highest BCUT2D eigenvalue weighted by atomic mass is 35.5. The Labute approximate surface area is 134 Å². The zero-order valence-corrected chi connectivity index (χ0v) is 13.5. The summed E-state index contributed by atoms with van der Waals surface area (Å²) < 4.78 is 5.16. The molecule has 0 spiro atoms. The number of amides is 1. The van der Waals surface area contributed by atoms with Crippen molar-refractivity contribution in [1.82, 2.24) is 4.90 Å². The number of aliphatic hydroxyl groups is 1. The number of hydrogen-bond donors (Lipinski definition) is 1. The number of ether oxygens (including phenoxy) is 1. The number of anilines is 1. The lowest BCUT2D eigenvalue weighted by Gasteiger charge is -2.15. The van der Waals surface area contributed by atoms with Crippen molar-refractivity contribution in [2.45, 2.75) is 6.92 Å². The molecule has 0 aliphatic carbocycles. The normalized spacial score (nSPS) is 16.2. The maximum Gasteiger partial charge on any atom is 0.282 e. The summed E-state index contributed by atoms with van der Waals surface area (Å²) in [7, 11) is 3.30. The molecule has 2 rings (SSSR count). The highest BCUT2D eigenvalue weighted by molar-refractivity contribution is 6.32. The lowest BCUT2D eigenvalue weighted by atomic mass is 10.2. The summed E-state index contributed by atoms with van der Waals surface area (Å²) >= 11 is 5.99. The second kappa shape index (κ2) is 6.81. The van der Waals surface area contributed by atoms with Gasteiger partial charge in [-0.25, -0.2) is 0 Å². The lowest BCUT2D eigenvalue weighted by molar-refractivity contribution is -0.114. The summed E-state index contributed by atoms with van der Waals surface area (Å²) in [6.45, 7) is 2.23. The summed E-state index contributed by atoms with van der Waals surface area (Å²) in [4.78, 5) is 14.3. The molecule has 0 aromatic heterocycles. The molecule has 0 saturated heterocycles. The molecule has 1 amide bonds. The van der Waals surface area contributed by atoms with Gasteiger partial charge in [0.05, 0.1) is 35.7 Å². The molecule has 1 aliphatic heterocycles. The van der Waals surface area contributed by atoms with Crippen molar-refractivity contribution in [3.8, 4) is 5.75 Å². The van der Waals surface area contributed by atoms with E-state index in [-0.39, 0.29) is 12.5 Å². The zero-order valence-electron chi connectivity index (χ0n) is 12.7. The van der Waals surface area contributed by atoms with E-state index in [1.54, 1.807) is 43.3 Å². The van der Waals surface area contributed by atoms with E-state index in [1.165, 1.54) is 12.1 Å². The van der Waals surface area contributed by atoms with Crippen LogP contribution in [0.4, 0.5) is 5.69 Å². The van der Waals surface area contributed by atoms with Crippen LogP contribution in [0.15, 0.2) is 35.1 Å². The molecular formula is C15H18ClN3O3. The Morgan fingerprint density at radius 1 is 1.50 bits per heavy atom. The average Bonchev–Trinajstić information content (AvgIpc) is 2.76. The van der Waals surface area contributed by atoms with Crippen LogP contribution in [0.1, 0.15) is 6.92 Å². The van der Waals surface area contributed by atoms with E-state index in [9.17, 15) is 4.79 Å². The van der Waals surface area contributed by atoms with Crippen molar-refractivity contribution >= 4 is 28.9 Å². The van der Waals surface area contributed by atoms with E-state index in [1.807, 2.05) is 0 Å². The van der Waals surface area contributed by atoms with Gasteiger partial charge in [0.25, 0.3) is 5.91 Å². The van der Waals surface area contributed by atoms with Gasteiger partial charge in [-0.1, -0.05) is 11.6 Å². The predicted octanol–water partition coefficient (Wildman–Crippen LogP) is 1.88. The van der Waals surface area contributed by atoms with Crippen LogP contribution in [0.25, 0.3) is 0 Å². The number of carbonyl (C=O) groups is 1. The number of hydrazone groups is 1. The Kier molecular flexibility index (Phi) is 5.05. The van der Waals surface area contributed by atoms with Crippen LogP contribution < -0.4 is 9.75 Å². The summed E-state index contributed by atoms with van der Waals surface area (Å²) in [5, 5.41) is 15.0. The number of aliphatic hydroxyl groups excluding tert-OH is 1. The molecule has 1 aliphatic rings. The molecule has 0 atom stereocenters. The van der Waals surface area contributed by atoms with E-state index >= 15 is 0 Å².